The van der Waals surface area contributed by atoms with Gasteiger partial charge in [-0.2, -0.15) is 5.10 Å². The fourth-order valence-electron chi connectivity index (χ4n) is 2.78. The van der Waals surface area contributed by atoms with Gasteiger partial charge in [0, 0.05) is 29.9 Å². The molecule has 1 unspecified atom stereocenters. The van der Waals surface area contributed by atoms with E-state index >= 15 is 0 Å². The summed E-state index contributed by atoms with van der Waals surface area (Å²) in [5.41, 5.74) is 1.73. The van der Waals surface area contributed by atoms with Crippen LogP contribution in [0.25, 0.3) is 0 Å². The first kappa shape index (κ1) is 15.9. The second kappa shape index (κ2) is 6.25. The lowest BCUT2D eigenvalue weighted by Crippen LogP contribution is -2.29. The fourth-order valence-corrected chi connectivity index (χ4v) is 2.95. The van der Waals surface area contributed by atoms with Gasteiger partial charge in [-0.3, -0.25) is 14.8 Å². The van der Waals surface area contributed by atoms with E-state index < -0.39 is 28.7 Å². The lowest BCUT2D eigenvalue weighted by Gasteiger charge is -2.16. The Kier molecular flexibility index (Phi) is 4.32. The van der Waals surface area contributed by atoms with Crippen molar-refractivity contribution in [3.05, 3.63) is 51.8 Å². The number of benzene rings is 1. The zero-order valence-electron chi connectivity index (χ0n) is 12.0. The minimum Gasteiger partial charge on any atom is -0.480 e. The molecule has 1 aromatic carbocycles. The van der Waals surface area contributed by atoms with Crippen LogP contribution in [0.4, 0.5) is 8.78 Å². The van der Waals surface area contributed by atoms with Crippen molar-refractivity contribution >= 4 is 17.6 Å². The number of aryl methyl sites for hydroxylation is 1. The number of fused-ring (bicyclic) bond motifs is 1. The number of nitrogens with zero attached hydrogens (tertiary/aromatic N) is 2. The van der Waals surface area contributed by atoms with Gasteiger partial charge in [0.2, 0.25) is 0 Å². The largest absolute Gasteiger partial charge is 0.480 e. The van der Waals surface area contributed by atoms with E-state index in [-0.39, 0.29) is 12.1 Å². The molecule has 0 radical (unpaired) electrons. The van der Waals surface area contributed by atoms with Crippen LogP contribution in [-0.2, 0) is 24.3 Å². The van der Waals surface area contributed by atoms with Crippen LogP contribution in [0.3, 0.4) is 0 Å². The van der Waals surface area contributed by atoms with Crippen molar-refractivity contribution in [3.8, 4) is 0 Å². The second-order valence-electron chi connectivity index (χ2n) is 5.36. The topological polar surface area (TPSA) is 67.2 Å². The molecule has 2 heterocycles. The highest BCUT2D eigenvalue weighted by Gasteiger charge is 2.26. The second-order valence-corrected chi connectivity index (χ2v) is 5.74. The van der Waals surface area contributed by atoms with Gasteiger partial charge in [0.25, 0.3) is 0 Å². The van der Waals surface area contributed by atoms with Crippen LogP contribution in [0.2, 0.25) is 5.02 Å². The predicted octanol–water partition coefficient (Wildman–Crippen LogP) is 2.68. The summed E-state index contributed by atoms with van der Waals surface area (Å²) in [5, 5.41) is 15.6. The summed E-state index contributed by atoms with van der Waals surface area (Å²) in [4.78, 5) is 11.5. The Morgan fingerprint density at radius 1 is 1.48 bits per heavy atom. The average molecular weight is 342 g/mol. The minimum absolute atomic E-state index is 0.201. The highest BCUT2D eigenvalue weighted by atomic mass is 35.5. The van der Waals surface area contributed by atoms with E-state index in [1.54, 1.807) is 6.20 Å². The molecular formula is C15H14ClF2N3O2. The molecule has 1 atom stereocenters. The van der Waals surface area contributed by atoms with E-state index in [2.05, 4.69) is 10.4 Å². The molecule has 1 aromatic heterocycles. The van der Waals surface area contributed by atoms with Crippen molar-refractivity contribution in [2.75, 3.05) is 0 Å². The average Bonchev–Trinajstić information content (AvgIpc) is 3.11. The van der Waals surface area contributed by atoms with E-state index in [0.29, 0.717) is 0 Å². The number of carboxylic acid groups (broad SMARTS) is 1. The number of carboxylic acids is 1. The number of nitrogens with one attached hydrogen (secondary N) is 1. The molecule has 0 amide bonds. The van der Waals surface area contributed by atoms with Crippen molar-refractivity contribution in [2.45, 2.75) is 32.0 Å². The Bertz CT molecular complexity index is 763. The van der Waals surface area contributed by atoms with E-state index in [1.165, 1.54) is 0 Å². The zero-order valence-corrected chi connectivity index (χ0v) is 12.8. The standard InChI is InChI=1S/C15H14ClF2N3O2/c16-12-10(17)4-3-9(13(12)18)14(15(22)23)19-6-8-7-20-21-5-1-2-11(8)21/h3-4,7,14,19H,1-2,5-6H2,(H,22,23). The third-order valence-corrected chi connectivity index (χ3v) is 4.28. The molecule has 23 heavy (non-hydrogen) atoms. The number of aliphatic carboxylic acids is 1. The van der Waals surface area contributed by atoms with Crippen molar-refractivity contribution < 1.29 is 18.7 Å². The molecule has 5 nitrogen and oxygen atoms in total. The molecule has 1 aliphatic rings. The van der Waals surface area contributed by atoms with Crippen LogP contribution in [0.15, 0.2) is 18.3 Å². The summed E-state index contributed by atoms with van der Waals surface area (Å²) in [5.74, 6) is -3.26. The third kappa shape index (κ3) is 2.94. The van der Waals surface area contributed by atoms with E-state index in [1.807, 2.05) is 4.68 Å². The quantitative estimate of drug-likeness (QED) is 0.821. The van der Waals surface area contributed by atoms with Gasteiger partial charge in [0.15, 0.2) is 0 Å². The first-order valence-electron chi connectivity index (χ1n) is 7.12. The highest BCUT2D eigenvalue weighted by Crippen LogP contribution is 2.27. The summed E-state index contributed by atoms with van der Waals surface area (Å²) in [6.45, 7) is 1.07. The fraction of sp³-hybridized carbons (Fsp3) is 0.333. The molecule has 3 rings (SSSR count). The van der Waals surface area contributed by atoms with Crippen LogP contribution >= 0.6 is 11.6 Å². The number of aromatic nitrogens is 2. The van der Waals surface area contributed by atoms with Crippen molar-refractivity contribution in [1.82, 2.24) is 15.1 Å². The third-order valence-electron chi connectivity index (χ3n) is 3.94. The zero-order chi connectivity index (χ0) is 16.6. The predicted molar refractivity (Wildman–Crippen MR) is 79.1 cm³/mol. The molecule has 0 spiro atoms. The van der Waals surface area contributed by atoms with Gasteiger partial charge >= 0.3 is 5.97 Å². The Hall–Kier alpha value is -1.99. The Labute approximate surface area is 135 Å². The number of hydrogen-bond donors (Lipinski definition) is 2. The van der Waals surface area contributed by atoms with Crippen molar-refractivity contribution in [3.63, 3.8) is 0 Å². The van der Waals surface area contributed by atoms with Crippen LogP contribution in [0.1, 0.15) is 29.3 Å². The van der Waals surface area contributed by atoms with Crippen molar-refractivity contribution in [2.24, 2.45) is 0 Å². The minimum atomic E-state index is -1.33. The lowest BCUT2D eigenvalue weighted by molar-refractivity contribution is -0.139. The SMILES string of the molecule is O=C(O)C(NCc1cnn2c1CCC2)c1ccc(F)c(Cl)c1F. The maximum Gasteiger partial charge on any atom is 0.325 e. The molecule has 0 aliphatic carbocycles. The van der Waals surface area contributed by atoms with Crippen LogP contribution in [0, 0.1) is 11.6 Å². The summed E-state index contributed by atoms with van der Waals surface area (Å²) in [7, 11) is 0. The maximum absolute atomic E-state index is 14.1. The molecule has 2 aromatic rings. The van der Waals surface area contributed by atoms with E-state index in [9.17, 15) is 18.7 Å². The highest BCUT2D eigenvalue weighted by molar-refractivity contribution is 6.31. The number of carbonyl (C=O) groups is 1. The maximum atomic E-state index is 14.1. The molecule has 0 bridgehead atoms. The van der Waals surface area contributed by atoms with Gasteiger partial charge in [0.1, 0.15) is 22.7 Å². The van der Waals surface area contributed by atoms with Crippen LogP contribution in [-0.4, -0.2) is 20.9 Å². The monoisotopic (exact) mass is 341 g/mol. The molecule has 0 saturated carbocycles. The number of rotatable bonds is 5. The molecule has 2 N–H and O–H groups in total. The van der Waals surface area contributed by atoms with Gasteiger partial charge in [-0.1, -0.05) is 17.7 Å². The number of halogens is 3. The number of hydrogen-bond acceptors (Lipinski definition) is 3. The summed E-state index contributed by atoms with van der Waals surface area (Å²) >= 11 is 5.52. The normalized spacial score (nSPS) is 14.7. The van der Waals surface area contributed by atoms with E-state index in [4.69, 9.17) is 11.6 Å². The lowest BCUT2D eigenvalue weighted by atomic mass is 10.1. The first-order valence-corrected chi connectivity index (χ1v) is 7.50. The Morgan fingerprint density at radius 3 is 3.00 bits per heavy atom. The van der Waals surface area contributed by atoms with Crippen LogP contribution < -0.4 is 5.32 Å². The summed E-state index contributed by atoms with van der Waals surface area (Å²) in [6.07, 6.45) is 3.56. The Balaban J connectivity index is 1.83. The molecule has 1 aliphatic heterocycles. The molecule has 0 saturated heterocycles. The molecular weight excluding hydrogens is 328 g/mol. The summed E-state index contributed by atoms with van der Waals surface area (Å²) < 4.78 is 29.2. The van der Waals surface area contributed by atoms with Gasteiger partial charge in [-0.05, 0) is 18.9 Å². The molecule has 8 heteroatoms. The summed E-state index contributed by atoms with van der Waals surface area (Å²) in [6, 6.07) is 0.714. The van der Waals surface area contributed by atoms with Crippen molar-refractivity contribution in [1.29, 1.82) is 0 Å². The van der Waals surface area contributed by atoms with Gasteiger partial charge in [-0.15, -0.1) is 0 Å². The van der Waals surface area contributed by atoms with Gasteiger partial charge in [-0.25, -0.2) is 8.78 Å². The van der Waals surface area contributed by atoms with Gasteiger partial charge < -0.3 is 5.11 Å². The Morgan fingerprint density at radius 2 is 2.26 bits per heavy atom. The first-order chi connectivity index (χ1) is 11.0. The molecule has 122 valence electrons. The smallest absolute Gasteiger partial charge is 0.325 e. The van der Waals surface area contributed by atoms with E-state index in [0.717, 1.165) is 42.8 Å². The molecule has 0 fully saturated rings. The van der Waals surface area contributed by atoms with Gasteiger partial charge in [0.05, 0.1) is 6.20 Å². The van der Waals surface area contributed by atoms with Crippen LogP contribution in [0.5, 0.6) is 0 Å².